The van der Waals surface area contributed by atoms with Crippen LogP contribution in [0.15, 0.2) is 42.5 Å². The summed E-state index contributed by atoms with van der Waals surface area (Å²) >= 11 is 5.94. The van der Waals surface area contributed by atoms with E-state index in [1.807, 2.05) is 0 Å². The topological polar surface area (TPSA) is 52.4 Å². The lowest BCUT2D eigenvalue weighted by Gasteiger charge is -2.10. The molecule has 21 heavy (non-hydrogen) atoms. The monoisotopic (exact) mass is 317 g/mol. The summed E-state index contributed by atoms with van der Waals surface area (Å²) < 4.78 is 39.9. The quantitative estimate of drug-likeness (QED) is 0.602. The molecule has 0 aliphatic heterocycles. The summed E-state index contributed by atoms with van der Waals surface area (Å²) in [5, 5.41) is 11.1. The van der Waals surface area contributed by atoms with Crippen molar-refractivity contribution in [3.05, 3.63) is 57.6 Å². The van der Waals surface area contributed by atoms with Crippen LogP contribution in [0.2, 0.25) is 5.02 Å². The molecule has 0 spiro atoms. The van der Waals surface area contributed by atoms with Crippen LogP contribution in [0.1, 0.15) is 0 Å². The first-order chi connectivity index (χ1) is 9.78. The number of alkyl halides is 3. The van der Waals surface area contributed by atoms with E-state index in [0.29, 0.717) is 5.56 Å². The molecule has 2 rings (SSSR count). The standard InChI is InChI=1S/C13H7ClF3NO3/c14-10-2-1-3-11(18(19)20)12(10)8-4-6-9(7-5-8)21-13(15,16)17/h1-7H. The third kappa shape index (κ3) is 3.63. The first kappa shape index (κ1) is 15.1. The van der Waals surface area contributed by atoms with E-state index in [2.05, 4.69) is 4.74 Å². The van der Waals surface area contributed by atoms with Crippen LogP contribution in [0.4, 0.5) is 18.9 Å². The summed E-state index contributed by atoms with van der Waals surface area (Å²) in [4.78, 5) is 10.4. The molecule has 0 aromatic heterocycles. The Kier molecular flexibility index (Phi) is 4.04. The number of hydrogen-bond donors (Lipinski definition) is 0. The van der Waals surface area contributed by atoms with Gasteiger partial charge >= 0.3 is 6.36 Å². The third-order valence-corrected chi connectivity index (χ3v) is 2.88. The van der Waals surface area contributed by atoms with Crippen LogP contribution in [0.3, 0.4) is 0 Å². The normalized spacial score (nSPS) is 11.2. The van der Waals surface area contributed by atoms with Gasteiger partial charge in [0.2, 0.25) is 0 Å². The van der Waals surface area contributed by atoms with Crippen molar-refractivity contribution in [2.45, 2.75) is 6.36 Å². The summed E-state index contributed by atoms with van der Waals surface area (Å²) in [5.41, 5.74) is 0.233. The van der Waals surface area contributed by atoms with Crippen LogP contribution in [0.25, 0.3) is 11.1 Å². The molecule has 0 atom stereocenters. The van der Waals surface area contributed by atoms with Crippen LogP contribution < -0.4 is 4.74 Å². The highest BCUT2D eigenvalue weighted by atomic mass is 35.5. The lowest BCUT2D eigenvalue weighted by Crippen LogP contribution is -2.16. The molecule has 0 radical (unpaired) electrons. The Balaban J connectivity index is 2.42. The van der Waals surface area contributed by atoms with E-state index >= 15 is 0 Å². The van der Waals surface area contributed by atoms with Crippen molar-refractivity contribution in [3.63, 3.8) is 0 Å². The SMILES string of the molecule is O=[N+]([O-])c1cccc(Cl)c1-c1ccc(OC(F)(F)F)cc1. The molecule has 0 fully saturated rings. The molecule has 8 heteroatoms. The van der Waals surface area contributed by atoms with Crippen molar-refractivity contribution in [3.8, 4) is 16.9 Å². The number of nitro groups is 1. The van der Waals surface area contributed by atoms with Crippen molar-refractivity contribution in [2.75, 3.05) is 0 Å². The minimum Gasteiger partial charge on any atom is -0.406 e. The Labute approximate surface area is 121 Å². The zero-order chi connectivity index (χ0) is 15.6. The van der Waals surface area contributed by atoms with Gasteiger partial charge in [-0.3, -0.25) is 10.1 Å². The lowest BCUT2D eigenvalue weighted by atomic mass is 10.0. The average molecular weight is 318 g/mol. The first-order valence-corrected chi connectivity index (χ1v) is 5.95. The number of benzene rings is 2. The summed E-state index contributed by atoms with van der Waals surface area (Å²) in [6.07, 6.45) is -4.79. The molecule has 0 aliphatic carbocycles. The molecule has 4 nitrogen and oxygen atoms in total. The van der Waals surface area contributed by atoms with Gasteiger partial charge in [0.1, 0.15) is 5.75 Å². The van der Waals surface area contributed by atoms with Crippen LogP contribution in [0, 0.1) is 10.1 Å². The van der Waals surface area contributed by atoms with Gasteiger partial charge < -0.3 is 4.74 Å². The molecule has 2 aromatic rings. The second-order valence-corrected chi connectivity index (χ2v) is 4.37. The van der Waals surface area contributed by atoms with E-state index < -0.39 is 17.0 Å². The summed E-state index contributed by atoms with van der Waals surface area (Å²) in [6.45, 7) is 0. The zero-order valence-electron chi connectivity index (χ0n) is 10.2. The van der Waals surface area contributed by atoms with E-state index in [1.54, 1.807) is 0 Å². The average Bonchev–Trinajstić information content (AvgIpc) is 2.37. The number of ether oxygens (including phenoxy) is 1. The van der Waals surface area contributed by atoms with Gasteiger partial charge in [0.25, 0.3) is 5.69 Å². The minimum atomic E-state index is -4.79. The molecule has 0 heterocycles. The molecular formula is C13H7ClF3NO3. The maximum Gasteiger partial charge on any atom is 0.573 e. The number of nitrogens with zero attached hydrogens (tertiary/aromatic N) is 1. The van der Waals surface area contributed by atoms with Crippen molar-refractivity contribution in [1.82, 2.24) is 0 Å². The Morgan fingerprint density at radius 3 is 2.24 bits per heavy atom. The lowest BCUT2D eigenvalue weighted by molar-refractivity contribution is -0.384. The Morgan fingerprint density at radius 1 is 1.10 bits per heavy atom. The molecule has 0 saturated carbocycles. The fraction of sp³-hybridized carbons (Fsp3) is 0.0769. The summed E-state index contributed by atoms with van der Waals surface area (Å²) in [6, 6.07) is 8.83. The van der Waals surface area contributed by atoms with Crippen LogP contribution >= 0.6 is 11.6 Å². The number of rotatable bonds is 3. The maximum atomic E-state index is 12.1. The van der Waals surface area contributed by atoms with Gasteiger partial charge in [0.05, 0.1) is 15.5 Å². The van der Waals surface area contributed by atoms with Crippen LogP contribution in [-0.4, -0.2) is 11.3 Å². The van der Waals surface area contributed by atoms with Gasteiger partial charge in [-0.05, 0) is 23.8 Å². The molecule has 0 amide bonds. The molecule has 110 valence electrons. The highest BCUT2D eigenvalue weighted by molar-refractivity contribution is 6.33. The second kappa shape index (κ2) is 5.61. The molecule has 0 unspecified atom stereocenters. The van der Waals surface area contributed by atoms with Gasteiger partial charge in [-0.15, -0.1) is 13.2 Å². The van der Waals surface area contributed by atoms with Crippen molar-refractivity contribution in [1.29, 1.82) is 0 Å². The zero-order valence-corrected chi connectivity index (χ0v) is 11.0. The van der Waals surface area contributed by atoms with Crippen LogP contribution in [-0.2, 0) is 0 Å². The number of hydrogen-bond acceptors (Lipinski definition) is 3. The minimum absolute atomic E-state index is 0.133. The fourth-order valence-corrected chi connectivity index (χ4v) is 2.05. The highest BCUT2D eigenvalue weighted by Gasteiger charge is 2.31. The summed E-state index contributed by atoms with van der Waals surface area (Å²) in [7, 11) is 0. The molecule has 0 bridgehead atoms. The van der Waals surface area contributed by atoms with Gasteiger partial charge in [-0.25, -0.2) is 0 Å². The van der Waals surface area contributed by atoms with Crippen LogP contribution in [0.5, 0.6) is 5.75 Å². The molecule has 0 N–H and O–H groups in total. The smallest absolute Gasteiger partial charge is 0.406 e. The second-order valence-electron chi connectivity index (χ2n) is 3.96. The Hall–Kier alpha value is -2.28. The third-order valence-electron chi connectivity index (χ3n) is 2.56. The predicted octanol–water partition coefficient (Wildman–Crippen LogP) is 4.81. The van der Waals surface area contributed by atoms with E-state index in [0.717, 1.165) is 12.1 Å². The van der Waals surface area contributed by atoms with Gasteiger partial charge in [-0.1, -0.05) is 29.8 Å². The Bertz CT molecular complexity index is 671. The van der Waals surface area contributed by atoms with Crippen molar-refractivity contribution in [2.24, 2.45) is 0 Å². The molecule has 0 aliphatic rings. The number of nitro benzene ring substituents is 1. The maximum absolute atomic E-state index is 12.1. The van der Waals surface area contributed by atoms with Crippen molar-refractivity contribution < 1.29 is 22.8 Å². The fourth-order valence-electron chi connectivity index (χ4n) is 1.77. The summed E-state index contributed by atoms with van der Waals surface area (Å²) in [5.74, 6) is -0.416. The Morgan fingerprint density at radius 2 is 1.71 bits per heavy atom. The van der Waals surface area contributed by atoms with Gasteiger partial charge in [0, 0.05) is 6.07 Å². The predicted molar refractivity (Wildman–Crippen MR) is 70.2 cm³/mol. The molecule has 2 aromatic carbocycles. The first-order valence-electron chi connectivity index (χ1n) is 5.57. The molecular weight excluding hydrogens is 311 g/mol. The van der Waals surface area contributed by atoms with Gasteiger partial charge in [-0.2, -0.15) is 0 Å². The highest BCUT2D eigenvalue weighted by Crippen LogP contribution is 2.37. The van der Waals surface area contributed by atoms with E-state index in [9.17, 15) is 23.3 Å². The molecule has 0 saturated heterocycles. The van der Waals surface area contributed by atoms with E-state index in [4.69, 9.17) is 11.6 Å². The number of halogens is 4. The van der Waals surface area contributed by atoms with E-state index in [-0.39, 0.29) is 16.3 Å². The van der Waals surface area contributed by atoms with Crippen molar-refractivity contribution >= 4 is 17.3 Å². The van der Waals surface area contributed by atoms with Gasteiger partial charge in [0.15, 0.2) is 0 Å². The van der Waals surface area contributed by atoms with E-state index in [1.165, 1.54) is 30.3 Å². The largest absolute Gasteiger partial charge is 0.573 e.